The highest BCUT2D eigenvalue weighted by molar-refractivity contribution is 6.11. The predicted molar refractivity (Wildman–Crippen MR) is 201 cm³/mol. The second-order valence-electron chi connectivity index (χ2n) is 13.0. The fourth-order valence-electron chi connectivity index (χ4n) is 6.06. The summed E-state index contributed by atoms with van der Waals surface area (Å²) < 4.78 is 16.7. The number of hydrogen-bond acceptors (Lipinski definition) is 7. The summed E-state index contributed by atoms with van der Waals surface area (Å²) in [5.41, 5.74) is 4.44. The van der Waals surface area contributed by atoms with Crippen molar-refractivity contribution in [3.05, 3.63) is 137 Å². The number of rotatable bonds is 21. The number of benzene rings is 4. The lowest BCUT2D eigenvalue weighted by Gasteiger charge is -2.08. The van der Waals surface area contributed by atoms with E-state index in [0.717, 1.165) is 24.0 Å². The number of unbranched alkanes of at least 4 members (excludes halogenated alkanes) is 5. The number of aromatic amines is 1. The molecule has 0 saturated heterocycles. The van der Waals surface area contributed by atoms with Gasteiger partial charge in [-0.15, -0.1) is 0 Å². The number of fused-ring (bicyclic) bond motifs is 1. The summed E-state index contributed by atoms with van der Waals surface area (Å²) in [4.78, 5) is 55.8. The summed E-state index contributed by atoms with van der Waals surface area (Å²) in [7, 11) is 0. The average molecular weight is 702 g/mol. The van der Waals surface area contributed by atoms with Gasteiger partial charge >= 0.3 is 11.9 Å². The molecule has 5 aromatic rings. The van der Waals surface area contributed by atoms with E-state index in [1.165, 1.54) is 37.7 Å². The summed E-state index contributed by atoms with van der Waals surface area (Å²) >= 11 is 0. The van der Waals surface area contributed by atoms with Gasteiger partial charge in [0.05, 0.1) is 18.4 Å². The number of carbonyl (C=O) groups is 4. The minimum absolute atomic E-state index is 0.0991. The minimum atomic E-state index is -0.543. The predicted octanol–water partition coefficient (Wildman–Crippen LogP) is 9.32. The van der Waals surface area contributed by atoms with Gasteiger partial charge in [0.25, 0.3) is 0 Å². The molecular formula is C44H47NO7. The van der Waals surface area contributed by atoms with Crippen LogP contribution in [0.25, 0.3) is 10.9 Å². The number of aryl methyl sites for hydroxylation is 1. The SMILES string of the molecule is CCCCCCCCc1ccc(OCC(=O)Cc2[nH]c3ccc(C(=O)OCc4ccccc4)cc3c2C(=O)CCC(=O)OCc2ccccc2)cc1. The van der Waals surface area contributed by atoms with Crippen LogP contribution in [-0.4, -0.2) is 35.1 Å². The van der Waals surface area contributed by atoms with Crippen LogP contribution in [0.4, 0.5) is 0 Å². The Balaban J connectivity index is 1.24. The van der Waals surface area contributed by atoms with E-state index < -0.39 is 11.9 Å². The Morgan fingerprint density at radius 3 is 2.00 bits per heavy atom. The van der Waals surface area contributed by atoms with Gasteiger partial charge in [-0.1, -0.05) is 112 Å². The maximum Gasteiger partial charge on any atom is 0.338 e. The molecule has 0 fully saturated rings. The molecule has 5 rings (SSSR count). The van der Waals surface area contributed by atoms with Crippen LogP contribution >= 0.6 is 0 Å². The third-order valence-corrected chi connectivity index (χ3v) is 8.92. The van der Waals surface area contributed by atoms with E-state index in [0.29, 0.717) is 22.3 Å². The molecule has 0 bridgehead atoms. The molecule has 0 atom stereocenters. The Morgan fingerprint density at radius 1 is 0.654 bits per heavy atom. The Morgan fingerprint density at radius 2 is 1.31 bits per heavy atom. The normalized spacial score (nSPS) is 10.9. The zero-order valence-electron chi connectivity index (χ0n) is 29.9. The first-order chi connectivity index (χ1) is 25.4. The molecule has 0 unspecified atom stereocenters. The van der Waals surface area contributed by atoms with Crippen molar-refractivity contribution < 1.29 is 33.4 Å². The van der Waals surface area contributed by atoms with Gasteiger partial charge in [0.2, 0.25) is 0 Å². The van der Waals surface area contributed by atoms with Crippen LogP contribution in [0.5, 0.6) is 5.75 Å². The van der Waals surface area contributed by atoms with Crippen molar-refractivity contribution in [2.45, 2.75) is 84.3 Å². The highest BCUT2D eigenvalue weighted by atomic mass is 16.5. The second-order valence-corrected chi connectivity index (χ2v) is 13.0. The molecule has 1 N–H and O–H groups in total. The van der Waals surface area contributed by atoms with Gasteiger partial charge in [-0.2, -0.15) is 0 Å². The van der Waals surface area contributed by atoms with E-state index in [9.17, 15) is 19.2 Å². The topological polar surface area (TPSA) is 112 Å². The van der Waals surface area contributed by atoms with E-state index >= 15 is 0 Å². The first-order valence-electron chi connectivity index (χ1n) is 18.2. The number of hydrogen-bond donors (Lipinski definition) is 1. The minimum Gasteiger partial charge on any atom is -0.486 e. The number of Topliss-reactive ketones (excluding diaryl/α,β-unsaturated/α-hetero) is 2. The smallest absolute Gasteiger partial charge is 0.338 e. The second kappa shape index (κ2) is 19.8. The molecule has 0 aliphatic heterocycles. The lowest BCUT2D eigenvalue weighted by Crippen LogP contribution is -2.16. The van der Waals surface area contributed by atoms with E-state index in [1.807, 2.05) is 84.9 Å². The van der Waals surface area contributed by atoms with Crippen molar-refractivity contribution in [3.8, 4) is 5.75 Å². The van der Waals surface area contributed by atoms with E-state index in [2.05, 4.69) is 11.9 Å². The van der Waals surface area contributed by atoms with E-state index in [1.54, 1.807) is 18.2 Å². The van der Waals surface area contributed by atoms with Crippen LogP contribution < -0.4 is 4.74 Å². The maximum atomic E-state index is 13.8. The number of esters is 2. The van der Waals surface area contributed by atoms with Crippen molar-refractivity contribution in [1.29, 1.82) is 0 Å². The summed E-state index contributed by atoms with van der Waals surface area (Å²) in [6, 6.07) is 31.4. The monoisotopic (exact) mass is 701 g/mol. The molecule has 0 spiro atoms. The molecular weight excluding hydrogens is 654 g/mol. The van der Waals surface area contributed by atoms with Crippen LogP contribution in [0.15, 0.2) is 103 Å². The first-order valence-corrected chi connectivity index (χ1v) is 18.2. The van der Waals surface area contributed by atoms with E-state index in [-0.39, 0.29) is 61.8 Å². The Kier molecular flexibility index (Phi) is 14.4. The van der Waals surface area contributed by atoms with Gasteiger partial charge in [0.1, 0.15) is 25.6 Å². The molecule has 4 aromatic carbocycles. The van der Waals surface area contributed by atoms with Gasteiger partial charge in [0, 0.05) is 28.6 Å². The quantitative estimate of drug-likeness (QED) is 0.0461. The Labute approximate surface area is 305 Å². The fraction of sp³-hybridized carbons (Fsp3) is 0.318. The molecule has 52 heavy (non-hydrogen) atoms. The number of nitrogens with one attached hydrogen (secondary N) is 1. The lowest BCUT2D eigenvalue weighted by atomic mass is 9.99. The zero-order chi connectivity index (χ0) is 36.5. The van der Waals surface area contributed by atoms with Gasteiger partial charge in [0.15, 0.2) is 11.6 Å². The standard InChI is InChI=1S/C44H47NO7/c1-2-3-4-5-6-9-14-32-19-22-37(23-20-32)50-31-36(46)28-40-43(41(47)25-26-42(48)51-29-33-15-10-7-11-16-33)38-27-35(21-24-39(38)45-40)44(49)52-30-34-17-12-8-13-18-34/h7-8,10-13,15-24,27,45H,2-6,9,14,25-26,28-31H2,1H3. The molecule has 8 heteroatoms. The molecule has 0 radical (unpaired) electrons. The zero-order valence-corrected chi connectivity index (χ0v) is 29.9. The molecule has 0 aliphatic rings. The molecule has 1 heterocycles. The van der Waals surface area contributed by atoms with Crippen LogP contribution in [0.3, 0.4) is 0 Å². The summed E-state index contributed by atoms with van der Waals surface area (Å²) in [5.74, 6) is -1.03. The number of ether oxygens (including phenoxy) is 3. The van der Waals surface area contributed by atoms with Crippen molar-refractivity contribution in [2.24, 2.45) is 0 Å². The van der Waals surface area contributed by atoms with Crippen LogP contribution in [0, 0.1) is 0 Å². The third-order valence-electron chi connectivity index (χ3n) is 8.92. The highest BCUT2D eigenvalue weighted by Gasteiger charge is 2.23. The van der Waals surface area contributed by atoms with Gasteiger partial charge in [-0.05, 0) is 59.9 Å². The van der Waals surface area contributed by atoms with Crippen LogP contribution in [0.2, 0.25) is 0 Å². The molecule has 0 aliphatic carbocycles. The number of aromatic nitrogens is 1. The molecule has 0 amide bonds. The largest absolute Gasteiger partial charge is 0.486 e. The maximum absolute atomic E-state index is 13.8. The summed E-state index contributed by atoms with van der Waals surface area (Å²) in [5, 5.41) is 0.474. The number of ketones is 2. The van der Waals surface area contributed by atoms with Crippen molar-refractivity contribution in [3.63, 3.8) is 0 Å². The summed E-state index contributed by atoms with van der Waals surface area (Å²) in [6.45, 7) is 2.25. The third kappa shape index (κ3) is 11.5. The first kappa shape index (κ1) is 37.7. The Hall–Kier alpha value is -5.50. The fourth-order valence-corrected chi connectivity index (χ4v) is 6.06. The summed E-state index contributed by atoms with van der Waals surface area (Å²) in [6.07, 6.45) is 8.12. The molecule has 8 nitrogen and oxygen atoms in total. The lowest BCUT2D eigenvalue weighted by molar-refractivity contribution is -0.144. The Bertz CT molecular complexity index is 1910. The van der Waals surface area contributed by atoms with Crippen LogP contribution in [0.1, 0.15) is 101 Å². The average Bonchev–Trinajstić information content (AvgIpc) is 3.54. The molecule has 1 aromatic heterocycles. The van der Waals surface area contributed by atoms with Crippen molar-refractivity contribution in [1.82, 2.24) is 4.98 Å². The number of H-pyrrole nitrogens is 1. The molecule has 270 valence electrons. The molecule has 0 saturated carbocycles. The van der Waals surface area contributed by atoms with Gasteiger partial charge < -0.3 is 19.2 Å². The van der Waals surface area contributed by atoms with E-state index in [4.69, 9.17) is 14.2 Å². The van der Waals surface area contributed by atoms with Crippen molar-refractivity contribution >= 4 is 34.4 Å². The van der Waals surface area contributed by atoms with Gasteiger partial charge in [-0.3, -0.25) is 14.4 Å². The van der Waals surface area contributed by atoms with Crippen molar-refractivity contribution in [2.75, 3.05) is 6.61 Å². The number of carbonyl (C=O) groups excluding carboxylic acids is 4. The van der Waals surface area contributed by atoms with Gasteiger partial charge in [-0.25, -0.2) is 4.79 Å². The van der Waals surface area contributed by atoms with Crippen LogP contribution in [-0.2, 0) is 45.1 Å². The highest BCUT2D eigenvalue weighted by Crippen LogP contribution is 2.27.